The predicted molar refractivity (Wildman–Crippen MR) is 93.1 cm³/mol. The molecule has 1 N–H and O–H groups in total. The number of ether oxygens (including phenoxy) is 1. The zero-order chi connectivity index (χ0) is 17.5. The third-order valence-corrected chi connectivity index (χ3v) is 6.72. The second-order valence-corrected chi connectivity index (χ2v) is 8.07. The van der Waals surface area contributed by atoms with Crippen molar-refractivity contribution in [2.24, 2.45) is 5.92 Å². The van der Waals surface area contributed by atoms with Gasteiger partial charge in [-0.25, -0.2) is 8.42 Å². The third-order valence-electron chi connectivity index (χ3n) is 4.67. The molecule has 1 unspecified atom stereocenters. The van der Waals surface area contributed by atoms with E-state index in [0.717, 1.165) is 29.8 Å². The summed E-state index contributed by atoms with van der Waals surface area (Å²) in [5.41, 5.74) is 2.82. The van der Waals surface area contributed by atoms with Crippen LogP contribution >= 0.6 is 0 Å². The number of rotatable bonds is 4. The molecule has 1 aliphatic rings. The monoisotopic (exact) mass is 349 g/mol. The fourth-order valence-corrected chi connectivity index (χ4v) is 5.25. The Morgan fingerprint density at radius 1 is 1.38 bits per heavy atom. The molecule has 2 aromatic rings. The molecule has 2 heterocycles. The Morgan fingerprint density at radius 2 is 2.12 bits per heavy atom. The molecule has 0 aliphatic carbocycles. The van der Waals surface area contributed by atoms with Crippen LogP contribution < -0.4 is 9.04 Å². The van der Waals surface area contributed by atoms with Crippen LogP contribution in [0.2, 0.25) is 0 Å². The number of hydrogen-bond acceptors (Lipinski definition) is 4. The first kappa shape index (κ1) is 16.8. The maximum Gasteiger partial charge on any atom is 0.268 e. The maximum atomic E-state index is 13.3. The van der Waals surface area contributed by atoms with Gasteiger partial charge in [0.05, 0.1) is 24.2 Å². The molecule has 1 aliphatic heterocycles. The van der Waals surface area contributed by atoms with Crippen molar-refractivity contribution in [2.45, 2.75) is 38.5 Å². The quantitative estimate of drug-likeness (QED) is 0.921. The Bertz CT molecular complexity index is 838. The lowest BCUT2D eigenvalue weighted by Gasteiger charge is -2.35. The number of hydrogen-bond donors (Lipinski definition) is 1. The maximum absolute atomic E-state index is 13.3. The topological polar surface area (TPSA) is 75.3 Å². The highest BCUT2D eigenvalue weighted by Gasteiger charge is 2.35. The number of H-pyrrole nitrogens is 1. The van der Waals surface area contributed by atoms with E-state index in [1.165, 1.54) is 4.31 Å². The van der Waals surface area contributed by atoms with Gasteiger partial charge in [-0.15, -0.1) is 0 Å². The predicted octanol–water partition coefficient (Wildman–Crippen LogP) is 2.81. The number of methoxy groups -OCH3 is 1. The highest BCUT2D eigenvalue weighted by atomic mass is 32.2. The van der Waals surface area contributed by atoms with E-state index >= 15 is 0 Å². The summed E-state index contributed by atoms with van der Waals surface area (Å²) in [5.74, 6) is 1.03. The number of anilines is 1. The van der Waals surface area contributed by atoms with E-state index in [2.05, 4.69) is 17.1 Å². The standard InChI is InChI=1S/C17H23N3O3S/c1-5-13-8-14-9-15(23-4)6-7-16(14)20(10-13)24(21,22)17-11(2)18-19-12(17)3/h6-7,9,13H,5,8,10H2,1-4H3,(H,18,19). The van der Waals surface area contributed by atoms with Gasteiger partial charge in [-0.05, 0) is 49.9 Å². The van der Waals surface area contributed by atoms with Crippen LogP contribution in [0.4, 0.5) is 5.69 Å². The lowest BCUT2D eigenvalue weighted by Crippen LogP contribution is -2.40. The number of fused-ring (bicyclic) bond motifs is 1. The van der Waals surface area contributed by atoms with Crippen LogP contribution in [0.3, 0.4) is 0 Å². The Labute approximate surface area is 142 Å². The highest BCUT2D eigenvalue weighted by Crippen LogP contribution is 2.37. The highest BCUT2D eigenvalue weighted by molar-refractivity contribution is 7.93. The van der Waals surface area contributed by atoms with Crippen LogP contribution in [0.15, 0.2) is 23.1 Å². The van der Waals surface area contributed by atoms with Gasteiger partial charge in [-0.3, -0.25) is 9.40 Å². The van der Waals surface area contributed by atoms with Crippen molar-refractivity contribution < 1.29 is 13.2 Å². The molecule has 6 nitrogen and oxygen atoms in total. The van der Waals surface area contributed by atoms with Crippen molar-refractivity contribution >= 4 is 15.7 Å². The molecule has 0 saturated carbocycles. The van der Waals surface area contributed by atoms with Crippen LogP contribution in [0.25, 0.3) is 0 Å². The first-order chi connectivity index (χ1) is 11.4. The number of aryl methyl sites for hydroxylation is 2. The fraction of sp³-hybridized carbons (Fsp3) is 0.471. The molecule has 0 spiro atoms. The number of nitrogens with zero attached hydrogens (tertiary/aromatic N) is 2. The van der Waals surface area contributed by atoms with Crippen molar-refractivity contribution in [3.8, 4) is 5.75 Å². The summed E-state index contributed by atoms with van der Waals surface area (Å²) in [6, 6.07) is 5.58. The van der Waals surface area contributed by atoms with Gasteiger partial charge >= 0.3 is 0 Å². The van der Waals surface area contributed by atoms with Gasteiger partial charge in [0.15, 0.2) is 0 Å². The molecule has 1 aromatic carbocycles. The number of sulfonamides is 1. The minimum Gasteiger partial charge on any atom is -0.497 e. The Kier molecular flexibility index (Phi) is 4.29. The number of aromatic nitrogens is 2. The van der Waals surface area contributed by atoms with Gasteiger partial charge < -0.3 is 4.74 Å². The van der Waals surface area contributed by atoms with E-state index in [0.29, 0.717) is 17.9 Å². The van der Waals surface area contributed by atoms with Gasteiger partial charge in [-0.1, -0.05) is 13.3 Å². The molecular formula is C17H23N3O3S. The Morgan fingerprint density at radius 3 is 2.71 bits per heavy atom. The lowest BCUT2D eigenvalue weighted by molar-refractivity contribution is 0.412. The van der Waals surface area contributed by atoms with Gasteiger partial charge in [0.2, 0.25) is 0 Å². The van der Waals surface area contributed by atoms with Crippen LogP contribution in [0.1, 0.15) is 30.3 Å². The van der Waals surface area contributed by atoms with E-state index in [1.54, 1.807) is 21.0 Å². The van der Waals surface area contributed by atoms with E-state index in [-0.39, 0.29) is 10.8 Å². The summed E-state index contributed by atoms with van der Waals surface area (Å²) in [4.78, 5) is 0.279. The molecular weight excluding hydrogens is 326 g/mol. The van der Waals surface area contributed by atoms with Gasteiger partial charge in [0, 0.05) is 6.54 Å². The summed E-state index contributed by atoms with van der Waals surface area (Å²) in [6.45, 7) is 6.03. The molecule has 1 aromatic heterocycles. The molecule has 1 atom stereocenters. The molecule has 130 valence electrons. The average molecular weight is 349 g/mol. The minimum atomic E-state index is -3.66. The molecule has 7 heteroatoms. The first-order valence-corrected chi connectivity index (χ1v) is 9.53. The molecule has 0 amide bonds. The van der Waals surface area contributed by atoms with Gasteiger partial charge in [0.25, 0.3) is 10.0 Å². The summed E-state index contributed by atoms with van der Waals surface area (Å²) in [6.07, 6.45) is 1.78. The largest absolute Gasteiger partial charge is 0.497 e. The van der Waals surface area contributed by atoms with E-state index in [4.69, 9.17) is 4.74 Å². The third kappa shape index (κ3) is 2.66. The van der Waals surface area contributed by atoms with Crippen LogP contribution in [-0.2, 0) is 16.4 Å². The molecule has 0 fully saturated rings. The van der Waals surface area contributed by atoms with Crippen LogP contribution in [0.5, 0.6) is 5.75 Å². The smallest absolute Gasteiger partial charge is 0.268 e. The molecule has 3 rings (SSSR count). The van der Waals surface area contributed by atoms with Crippen molar-refractivity contribution in [1.82, 2.24) is 10.2 Å². The zero-order valence-corrected chi connectivity index (χ0v) is 15.3. The SMILES string of the molecule is CCC1Cc2cc(OC)ccc2N(S(=O)(=O)c2c(C)n[nH]c2C)C1. The first-order valence-electron chi connectivity index (χ1n) is 8.09. The Hall–Kier alpha value is -2.02. The van der Waals surface area contributed by atoms with Crippen molar-refractivity contribution in [3.63, 3.8) is 0 Å². The van der Waals surface area contributed by atoms with Gasteiger partial charge in [0.1, 0.15) is 10.6 Å². The average Bonchev–Trinajstić information content (AvgIpc) is 2.92. The normalized spacial score (nSPS) is 17.7. The van der Waals surface area contributed by atoms with Crippen molar-refractivity contribution in [1.29, 1.82) is 0 Å². The summed E-state index contributed by atoms with van der Waals surface area (Å²) >= 11 is 0. The van der Waals surface area contributed by atoms with Crippen molar-refractivity contribution in [2.75, 3.05) is 18.0 Å². The minimum absolute atomic E-state index is 0.279. The van der Waals surface area contributed by atoms with E-state index in [1.807, 2.05) is 18.2 Å². The van der Waals surface area contributed by atoms with Crippen LogP contribution in [0, 0.1) is 19.8 Å². The van der Waals surface area contributed by atoms with Gasteiger partial charge in [-0.2, -0.15) is 5.10 Å². The van der Waals surface area contributed by atoms with Crippen LogP contribution in [-0.4, -0.2) is 32.3 Å². The lowest BCUT2D eigenvalue weighted by atomic mass is 9.92. The fourth-order valence-electron chi connectivity index (χ4n) is 3.34. The summed E-state index contributed by atoms with van der Waals surface area (Å²) < 4.78 is 33.4. The molecule has 0 bridgehead atoms. The summed E-state index contributed by atoms with van der Waals surface area (Å²) in [7, 11) is -2.04. The van der Waals surface area contributed by atoms with Crippen molar-refractivity contribution in [3.05, 3.63) is 35.2 Å². The number of benzene rings is 1. The molecule has 0 saturated heterocycles. The molecule has 0 radical (unpaired) electrons. The number of nitrogens with one attached hydrogen (secondary N) is 1. The summed E-state index contributed by atoms with van der Waals surface area (Å²) in [5, 5.41) is 6.82. The number of aromatic amines is 1. The Balaban J connectivity index is 2.14. The van der Waals surface area contributed by atoms with E-state index in [9.17, 15) is 8.42 Å². The zero-order valence-electron chi connectivity index (χ0n) is 14.5. The van der Waals surface area contributed by atoms with E-state index < -0.39 is 10.0 Å². The second kappa shape index (κ2) is 6.12. The molecule has 24 heavy (non-hydrogen) atoms. The second-order valence-electron chi connectivity index (χ2n) is 6.27.